The highest BCUT2D eigenvalue weighted by atomic mass is 19.4. The van der Waals surface area contributed by atoms with E-state index < -0.39 is 42.3 Å². The van der Waals surface area contributed by atoms with Crippen LogP contribution in [0, 0.1) is 11.8 Å². The molecule has 0 fully saturated rings. The summed E-state index contributed by atoms with van der Waals surface area (Å²) in [5.74, 6) is -3.50. The van der Waals surface area contributed by atoms with Gasteiger partial charge in [-0.25, -0.2) is 19.3 Å². The number of pyridine rings is 1. The second-order valence-corrected chi connectivity index (χ2v) is 4.93. The number of hydrogen-bond acceptors (Lipinski definition) is 5. The van der Waals surface area contributed by atoms with Crippen molar-refractivity contribution in [3.63, 3.8) is 0 Å². The lowest BCUT2D eigenvalue weighted by molar-refractivity contribution is -0.138. The van der Waals surface area contributed by atoms with Gasteiger partial charge in [-0.3, -0.25) is 4.79 Å². The smallest absolute Gasteiger partial charge is 0.356 e. The van der Waals surface area contributed by atoms with Gasteiger partial charge >= 0.3 is 6.18 Å². The Morgan fingerprint density at radius 1 is 1.32 bits per heavy atom. The number of carbonyl (C=O) groups is 1. The molecule has 0 aliphatic heterocycles. The Kier molecular flexibility index (Phi) is 5.45. The minimum atomic E-state index is -4.57. The van der Waals surface area contributed by atoms with E-state index in [1.165, 1.54) is 25.3 Å². The largest absolute Gasteiger partial charge is 0.405 e. The van der Waals surface area contributed by atoms with Gasteiger partial charge in [0.2, 0.25) is 11.9 Å². The van der Waals surface area contributed by atoms with Crippen molar-refractivity contribution in [3.05, 3.63) is 36.3 Å². The SMILES string of the molecule is C[C@@H](Nc1nc(-c2cccnc2F)ncc1F)C(=O)NCC(F)(F)F.[HH].[HH]. The van der Waals surface area contributed by atoms with Gasteiger partial charge in [0, 0.05) is 9.05 Å². The van der Waals surface area contributed by atoms with Crippen molar-refractivity contribution in [2.45, 2.75) is 19.1 Å². The van der Waals surface area contributed by atoms with Crippen LogP contribution in [0.5, 0.6) is 0 Å². The predicted molar refractivity (Wildman–Crippen MR) is 81.6 cm³/mol. The Hall–Kier alpha value is -2.85. The number of nitrogens with one attached hydrogen (secondary N) is 2. The lowest BCUT2D eigenvalue weighted by atomic mass is 10.2. The second-order valence-electron chi connectivity index (χ2n) is 4.93. The van der Waals surface area contributed by atoms with Crippen LogP contribution in [-0.2, 0) is 4.79 Å². The van der Waals surface area contributed by atoms with Gasteiger partial charge in [-0.2, -0.15) is 17.6 Å². The number of hydrogen-bond donors (Lipinski definition) is 2. The number of rotatable bonds is 5. The maximum atomic E-state index is 13.8. The summed E-state index contributed by atoms with van der Waals surface area (Å²) < 4.78 is 63.7. The molecule has 0 saturated heterocycles. The van der Waals surface area contributed by atoms with Gasteiger partial charge in [0.05, 0.1) is 11.8 Å². The molecule has 0 aliphatic rings. The topological polar surface area (TPSA) is 79.8 Å². The number of alkyl halides is 3. The maximum Gasteiger partial charge on any atom is 0.405 e. The first kappa shape index (κ1) is 18.5. The lowest BCUT2D eigenvalue weighted by Crippen LogP contribution is -2.42. The third-order valence-corrected chi connectivity index (χ3v) is 2.95. The molecule has 0 spiro atoms. The third kappa shape index (κ3) is 5.06. The number of carbonyl (C=O) groups excluding carboxylic acids is 1. The van der Waals surface area contributed by atoms with Gasteiger partial charge in [0.15, 0.2) is 17.5 Å². The quantitative estimate of drug-likeness (QED) is 0.629. The van der Waals surface area contributed by atoms with Crippen LogP contribution >= 0.6 is 0 Å². The van der Waals surface area contributed by atoms with Crippen molar-refractivity contribution in [2.24, 2.45) is 0 Å². The average molecular weight is 365 g/mol. The highest BCUT2D eigenvalue weighted by Gasteiger charge is 2.29. The Balaban J connectivity index is 0.00000338. The van der Waals surface area contributed by atoms with Crippen molar-refractivity contribution in [3.8, 4) is 11.4 Å². The first-order valence-electron chi connectivity index (χ1n) is 6.92. The van der Waals surface area contributed by atoms with Crippen LogP contribution in [0.3, 0.4) is 0 Å². The lowest BCUT2D eigenvalue weighted by Gasteiger charge is -2.16. The minimum Gasteiger partial charge on any atom is -0.356 e. The van der Waals surface area contributed by atoms with E-state index >= 15 is 0 Å². The molecular formula is C14H16F5N5O. The number of amides is 1. The molecule has 0 aromatic carbocycles. The molecule has 1 atom stereocenters. The molecule has 6 nitrogen and oxygen atoms in total. The van der Waals surface area contributed by atoms with E-state index in [0.29, 0.717) is 0 Å². The first-order valence-corrected chi connectivity index (χ1v) is 6.92. The van der Waals surface area contributed by atoms with E-state index in [1.54, 1.807) is 5.32 Å². The summed E-state index contributed by atoms with van der Waals surface area (Å²) in [6, 6.07) is 1.52. The Labute approximate surface area is 141 Å². The zero-order valence-electron chi connectivity index (χ0n) is 12.7. The molecule has 2 heterocycles. The molecule has 0 bridgehead atoms. The summed E-state index contributed by atoms with van der Waals surface area (Å²) in [6.07, 6.45) is -2.62. The summed E-state index contributed by atoms with van der Waals surface area (Å²) in [6.45, 7) is -0.298. The van der Waals surface area contributed by atoms with E-state index in [2.05, 4.69) is 20.3 Å². The van der Waals surface area contributed by atoms with Crippen LogP contribution in [0.25, 0.3) is 11.4 Å². The van der Waals surface area contributed by atoms with Crippen LogP contribution in [0.1, 0.15) is 9.78 Å². The number of aromatic nitrogens is 3. The van der Waals surface area contributed by atoms with E-state index in [0.717, 1.165) is 6.20 Å². The molecule has 1 amide bonds. The summed E-state index contributed by atoms with van der Waals surface area (Å²) in [7, 11) is 0. The number of anilines is 1. The fourth-order valence-electron chi connectivity index (χ4n) is 1.76. The molecule has 138 valence electrons. The standard InChI is InChI=1S/C14H12F5N5O.2H2/c1-7(13(25)22-6-14(17,18)19)23-12-9(15)5-21-11(24-12)8-3-2-4-20-10(8)16;;/h2-5,7H,6H2,1H3,(H,22,25)(H,21,23,24);2*1H/t7-;;/m1../s1. The highest BCUT2D eigenvalue weighted by molar-refractivity contribution is 5.84. The maximum absolute atomic E-state index is 13.8. The normalized spacial score (nSPS) is 12.6. The average Bonchev–Trinajstić information content (AvgIpc) is 2.54. The van der Waals surface area contributed by atoms with E-state index in [-0.39, 0.29) is 14.2 Å². The van der Waals surface area contributed by atoms with Crippen molar-refractivity contribution < 1.29 is 29.6 Å². The first-order chi connectivity index (χ1) is 11.7. The van der Waals surface area contributed by atoms with Gasteiger partial charge in [0.25, 0.3) is 0 Å². The van der Waals surface area contributed by atoms with Crippen LogP contribution in [0.4, 0.5) is 27.8 Å². The van der Waals surface area contributed by atoms with Gasteiger partial charge < -0.3 is 10.6 Å². The van der Waals surface area contributed by atoms with Crippen molar-refractivity contribution in [1.82, 2.24) is 20.3 Å². The Morgan fingerprint density at radius 3 is 2.68 bits per heavy atom. The van der Waals surface area contributed by atoms with Crippen molar-refractivity contribution in [2.75, 3.05) is 11.9 Å². The molecule has 11 heteroatoms. The molecule has 0 saturated carbocycles. The fraction of sp³-hybridized carbons (Fsp3) is 0.286. The summed E-state index contributed by atoms with van der Waals surface area (Å²) >= 11 is 0. The second kappa shape index (κ2) is 7.36. The zero-order valence-corrected chi connectivity index (χ0v) is 12.7. The van der Waals surface area contributed by atoms with Crippen LogP contribution in [0.15, 0.2) is 24.5 Å². The van der Waals surface area contributed by atoms with Crippen molar-refractivity contribution >= 4 is 11.7 Å². The Morgan fingerprint density at radius 2 is 2.04 bits per heavy atom. The molecular weight excluding hydrogens is 349 g/mol. The highest BCUT2D eigenvalue weighted by Crippen LogP contribution is 2.20. The van der Waals surface area contributed by atoms with Crippen LogP contribution in [0.2, 0.25) is 0 Å². The molecule has 2 rings (SSSR count). The minimum absolute atomic E-state index is 0. The predicted octanol–water partition coefficient (Wildman–Crippen LogP) is 2.79. The summed E-state index contributed by atoms with van der Waals surface area (Å²) in [5, 5.41) is 3.98. The number of nitrogens with zero attached hydrogens (tertiary/aromatic N) is 3. The van der Waals surface area contributed by atoms with E-state index in [4.69, 9.17) is 0 Å². The molecule has 2 N–H and O–H groups in total. The molecule has 0 unspecified atom stereocenters. The van der Waals surface area contributed by atoms with Gasteiger partial charge in [-0.15, -0.1) is 0 Å². The summed E-state index contributed by atoms with van der Waals surface area (Å²) in [5.41, 5.74) is -0.0975. The van der Waals surface area contributed by atoms with Crippen molar-refractivity contribution in [1.29, 1.82) is 0 Å². The molecule has 25 heavy (non-hydrogen) atoms. The monoisotopic (exact) mass is 365 g/mol. The van der Waals surface area contributed by atoms with Gasteiger partial charge in [-0.1, -0.05) is 0 Å². The van der Waals surface area contributed by atoms with Gasteiger partial charge in [-0.05, 0) is 19.1 Å². The molecule has 2 aromatic heterocycles. The van der Waals surface area contributed by atoms with Crippen LogP contribution in [-0.4, -0.2) is 39.6 Å². The Bertz CT molecular complexity index is 778. The number of halogens is 5. The fourth-order valence-corrected chi connectivity index (χ4v) is 1.76. The zero-order chi connectivity index (χ0) is 18.6. The summed E-state index contributed by atoms with van der Waals surface area (Å²) in [4.78, 5) is 22.4. The molecule has 2 aromatic rings. The van der Waals surface area contributed by atoms with E-state index in [1.807, 2.05) is 0 Å². The third-order valence-electron chi connectivity index (χ3n) is 2.95. The van der Waals surface area contributed by atoms with E-state index in [9.17, 15) is 26.7 Å². The molecule has 0 aliphatic carbocycles. The molecule has 0 radical (unpaired) electrons. The van der Waals surface area contributed by atoms with Gasteiger partial charge in [0.1, 0.15) is 12.6 Å². The van der Waals surface area contributed by atoms with Crippen LogP contribution < -0.4 is 10.6 Å².